The molecule has 0 bridgehead atoms. The molecule has 1 aliphatic heterocycles. The van der Waals surface area contributed by atoms with Gasteiger partial charge in [0.15, 0.2) is 0 Å². The molecule has 0 aliphatic carbocycles. The van der Waals surface area contributed by atoms with Gasteiger partial charge in [-0.15, -0.1) is 0 Å². The molecule has 1 unspecified atom stereocenters. The molecule has 2 N–H and O–H groups in total. The quantitative estimate of drug-likeness (QED) is 0.869. The summed E-state index contributed by atoms with van der Waals surface area (Å²) >= 11 is 0. The summed E-state index contributed by atoms with van der Waals surface area (Å²) in [5.74, 6) is 0.977. The molecule has 1 fully saturated rings. The van der Waals surface area contributed by atoms with Crippen molar-refractivity contribution in [3.8, 4) is 0 Å². The van der Waals surface area contributed by atoms with Crippen molar-refractivity contribution in [2.45, 2.75) is 58.2 Å². The van der Waals surface area contributed by atoms with Crippen LogP contribution in [0.25, 0.3) is 0 Å². The first kappa shape index (κ1) is 12.6. The van der Waals surface area contributed by atoms with Crippen LogP contribution in [0.1, 0.15) is 44.4 Å². The van der Waals surface area contributed by atoms with Crippen molar-refractivity contribution in [3.05, 3.63) is 17.5 Å². The predicted octanol–water partition coefficient (Wildman–Crippen LogP) is 1.94. The Labute approximate surface area is 103 Å². The first-order chi connectivity index (χ1) is 8.22. The van der Waals surface area contributed by atoms with E-state index in [1.807, 2.05) is 0 Å². The summed E-state index contributed by atoms with van der Waals surface area (Å²) in [7, 11) is 0. The molecule has 1 aromatic rings. The zero-order valence-corrected chi connectivity index (χ0v) is 10.9. The average molecular weight is 237 g/mol. The van der Waals surface area contributed by atoms with E-state index in [1.54, 1.807) is 6.20 Å². The molecule has 96 valence electrons. The highest BCUT2D eigenvalue weighted by atomic mass is 16.5. The third-order valence-corrected chi connectivity index (χ3v) is 3.71. The van der Waals surface area contributed by atoms with Crippen molar-refractivity contribution >= 4 is 0 Å². The normalized spacial score (nSPS) is 22.2. The number of hydrogen-bond acceptors (Lipinski definition) is 4. The van der Waals surface area contributed by atoms with Gasteiger partial charge in [0.05, 0.1) is 6.20 Å². The van der Waals surface area contributed by atoms with Gasteiger partial charge >= 0.3 is 0 Å². The van der Waals surface area contributed by atoms with E-state index in [9.17, 15) is 0 Å². The molecule has 4 heteroatoms. The number of rotatable bonds is 4. The summed E-state index contributed by atoms with van der Waals surface area (Å²) in [6, 6.07) is 1.19. The molecule has 0 spiro atoms. The van der Waals surface area contributed by atoms with Gasteiger partial charge in [-0.25, -0.2) is 0 Å². The smallest absolute Gasteiger partial charge is 0.142 e. The van der Waals surface area contributed by atoms with Crippen LogP contribution >= 0.6 is 0 Å². The molecule has 0 radical (unpaired) electrons. The predicted molar refractivity (Wildman–Crippen MR) is 67.6 cm³/mol. The van der Waals surface area contributed by atoms with Gasteiger partial charge in [-0.05, 0) is 33.2 Å². The van der Waals surface area contributed by atoms with E-state index in [0.717, 1.165) is 17.7 Å². The SMILES string of the molecule is CC(C)N1CCCCC1Cc1oncc1CN. The molecule has 2 rings (SSSR count). The monoisotopic (exact) mass is 237 g/mol. The van der Waals surface area contributed by atoms with Crippen molar-refractivity contribution in [3.63, 3.8) is 0 Å². The van der Waals surface area contributed by atoms with Gasteiger partial charge in [0.25, 0.3) is 0 Å². The maximum absolute atomic E-state index is 5.68. The lowest BCUT2D eigenvalue weighted by Gasteiger charge is -2.38. The second-order valence-electron chi connectivity index (χ2n) is 5.16. The Morgan fingerprint density at radius 1 is 1.53 bits per heavy atom. The fourth-order valence-electron chi connectivity index (χ4n) is 2.76. The second kappa shape index (κ2) is 5.65. The number of aromatic nitrogens is 1. The van der Waals surface area contributed by atoms with Gasteiger partial charge < -0.3 is 10.3 Å². The number of nitrogens with zero attached hydrogens (tertiary/aromatic N) is 2. The van der Waals surface area contributed by atoms with E-state index < -0.39 is 0 Å². The van der Waals surface area contributed by atoms with E-state index >= 15 is 0 Å². The Morgan fingerprint density at radius 2 is 2.35 bits per heavy atom. The molecule has 0 amide bonds. The lowest BCUT2D eigenvalue weighted by atomic mass is 9.96. The third kappa shape index (κ3) is 2.87. The van der Waals surface area contributed by atoms with Crippen molar-refractivity contribution in [2.75, 3.05) is 6.54 Å². The topological polar surface area (TPSA) is 55.3 Å². The fourth-order valence-corrected chi connectivity index (χ4v) is 2.76. The largest absolute Gasteiger partial charge is 0.361 e. The standard InChI is InChI=1S/C13H23N3O/c1-10(2)16-6-4-3-5-12(16)7-13-11(8-14)9-15-17-13/h9-10,12H,3-8,14H2,1-2H3. The van der Waals surface area contributed by atoms with Crippen molar-refractivity contribution in [1.82, 2.24) is 10.1 Å². The molecule has 0 saturated carbocycles. The summed E-state index contributed by atoms with van der Waals surface area (Å²) in [6.07, 6.45) is 6.58. The molecule has 17 heavy (non-hydrogen) atoms. The van der Waals surface area contributed by atoms with Crippen LogP contribution in [0.5, 0.6) is 0 Å². The van der Waals surface area contributed by atoms with E-state index in [-0.39, 0.29) is 0 Å². The Kier molecular flexibility index (Phi) is 4.18. The van der Waals surface area contributed by atoms with Crippen molar-refractivity contribution in [2.24, 2.45) is 5.73 Å². The minimum Gasteiger partial charge on any atom is -0.361 e. The molecule has 1 aromatic heterocycles. The van der Waals surface area contributed by atoms with E-state index in [1.165, 1.54) is 25.8 Å². The summed E-state index contributed by atoms with van der Waals surface area (Å²) in [5, 5.41) is 3.85. The Bertz CT molecular complexity index is 348. The van der Waals surface area contributed by atoms with Gasteiger partial charge in [0.2, 0.25) is 0 Å². The van der Waals surface area contributed by atoms with E-state index in [0.29, 0.717) is 18.6 Å². The Balaban J connectivity index is 2.05. The first-order valence-electron chi connectivity index (χ1n) is 6.60. The van der Waals surface area contributed by atoms with Gasteiger partial charge in [-0.2, -0.15) is 0 Å². The minimum atomic E-state index is 0.521. The maximum Gasteiger partial charge on any atom is 0.142 e. The lowest BCUT2D eigenvalue weighted by molar-refractivity contribution is 0.106. The highest BCUT2D eigenvalue weighted by Gasteiger charge is 2.26. The second-order valence-corrected chi connectivity index (χ2v) is 5.16. The number of hydrogen-bond donors (Lipinski definition) is 1. The molecule has 0 aromatic carbocycles. The maximum atomic E-state index is 5.68. The van der Waals surface area contributed by atoms with Crippen molar-refractivity contribution < 1.29 is 4.52 Å². The molecule has 1 aliphatic rings. The van der Waals surface area contributed by atoms with Crippen LogP contribution in [0, 0.1) is 0 Å². The van der Waals surface area contributed by atoms with Gasteiger partial charge in [-0.1, -0.05) is 11.6 Å². The zero-order valence-electron chi connectivity index (χ0n) is 10.9. The summed E-state index contributed by atoms with van der Waals surface area (Å²) in [4.78, 5) is 2.58. The summed E-state index contributed by atoms with van der Waals surface area (Å²) in [6.45, 7) is 6.26. The van der Waals surface area contributed by atoms with Crippen LogP contribution in [0.15, 0.2) is 10.7 Å². The van der Waals surface area contributed by atoms with Crippen LogP contribution in [0.4, 0.5) is 0 Å². The zero-order chi connectivity index (χ0) is 12.3. The first-order valence-corrected chi connectivity index (χ1v) is 6.60. The van der Waals surface area contributed by atoms with E-state index in [2.05, 4.69) is 23.9 Å². The van der Waals surface area contributed by atoms with Crippen LogP contribution in [-0.4, -0.2) is 28.7 Å². The number of piperidine rings is 1. The molecule has 2 heterocycles. The molecular weight excluding hydrogens is 214 g/mol. The highest BCUT2D eigenvalue weighted by Crippen LogP contribution is 2.23. The summed E-state index contributed by atoms with van der Waals surface area (Å²) < 4.78 is 5.33. The molecule has 1 atom stereocenters. The third-order valence-electron chi connectivity index (χ3n) is 3.71. The van der Waals surface area contributed by atoms with Gasteiger partial charge in [-0.3, -0.25) is 4.90 Å². The Morgan fingerprint density at radius 3 is 3.06 bits per heavy atom. The van der Waals surface area contributed by atoms with E-state index in [4.69, 9.17) is 10.3 Å². The number of nitrogens with two attached hydrogens (primary N) is 1. The van der Waals surface area contributed by atoms with Gasteiger partial charge in [0, 0.05) is 30.6 Å². The molecular formula is C13H23N3O. The average Bonchev–Trinajstić information content (AvgIpc) is 2.77. The van der Waals surface area contributed by atoms with Crippen LogP contribution in [0.3, 0.4) is 0 Å². The van der Waals surface area contributed by atoms with Gasteiger partial charge in [0.1, 0.15) is 5.76 Å². The fraction of sp³-hybridized carbons (Fsp3) is 0.769. The summed E-state index contributed by atoms with van der Waals surface area (Å²) in [5.41, 5.74) is 6.74. The molecule has 1 saturated heterocycles. The van der Waals surface area contributed by atoms with Crippen LogP contribution in [-0.2, 0) is 13.0 Å². The Hall–Kier alpha value is -0.870. The number of likely N-dealkylation sites (tertiary alicyclic amines) is 1. The minimum absolute atomic E-state index is 0.521. The lowest BCUT2D eigenvalue weighted by Crippen LogP contribution is -2.45. The van der Waals surface area contributed by atoms with Crippen LogP contribution < -0.4 is 5.73 Å². The van der Waals surface area contributed by atoms with Crippen LogP contribution in [0.2, 0.25) is 0 Å². The van der Waals surface area contributed by atoms with Crippen molar-refractivity contribution in [1.29, 1.82) is 0 Å². The molecule has 4 nitrogen and oxygen atoms in total. The highest BCUT2D eigenvalue weighted by molar-refractivity contribution is 5.14.